The molecule has 2 saturated heterocycles. The Hall–Kier alpha value is -3.10. The standard InChI is InChI=1S/C21H26FN3O5/c1-3-29-20(27)10-15-6-8-24(9-7-15)19-5-4-16(11-18(19)22)25-13-17(30-21(25)28)12-23-14(2)26/h4-5,10-11,17H,3,6-9,12-13H2,1-2H3,(H,23,26)/t17-/m0/s1. The van der Waals surface area contributed by atoms with E-state index in [2.05, 4.69) is 5.32 Å². The van der Waals surface area contributed by atoms with Crippen LogP contribution in [0.4, 0.5) is 20.6 Å². The number of hydrogen-bond acceptors (Lipinski definition) is 6. The third kappa shape index (κ3) is 5.28. The first-order valence-corrected chi connectivity index (χ1v) is 10.0. The molecule has 0 aromatic heterocycles. The number of hydrogen-bond donors (Lipinski definition) is 1. The molecule has 0 aliphatic carbocycles. The number of nitrogens with one attached hydrogen (secondary N) is 1. The average molecular weight is 419 g/mol. The Bertz CT molecular complexity index is 847. The van der Waals surface area contributed by atoms with Crippen LogP contribution in [0.25, 0.3) is 0 Å². The molecule has 2 aliphatic heterocycles. The van der Waals surface area contributed by atoms with Gasteiger partial charge in [-0.05, 0) is 38.0 Å². The van der Waals surface area contributed by atoms with Crippen molar-refractivity contribution in [1.82, 2.24) is 5.32 Å². The Morgan fingerprint density at radius 1 is 1.33 bits per heavy atom. The number of carbonyl (C=O) groups is 3. The molecule has 2 aliphatic rings. The van der Waals surface area contributed by atoms with Gasteiger partial charge in [0.25, 0.3) is 0 Å². The molecule has 0 bridgehead atoms. The van der Waals surface area contributed by atoms with E-state index in [0.717, 1.165) is 5.57 Å². The Morgan fingerprint density at radius 2 is 2.07 bits per heavy atom. The lowest BCUT2D eigenvalue weighted by Gasteiger charge is -2.31. The van der Waals surface area contributed by atoms with Crippen molar-refractivity contribution in [2.75, 3.05) is 42.6 Å². The Kier molecular flexibility index (Phi) is 6.91. The fourth-order valence-corrected chi connectivity index (χ4v) is 3.55. The van der Waals surface area contributed by atoms with Crippen LogP contribution in [0.1, 0.15) is 26.7 Å². The summed E-state index contributed by atoms with van der Waals surface area (Å²) in [6.07, 6.45) is 1.79. The Morgan fingerprint density at radius 3 is 2.70 bits per heavy atom. The maximum atomic E-state index is 14.8. The fourth-order valence-electron chi connectivity index (χ4n) is 3.55. The number of amides is 2. The van der Waals surface area contributed by atoms with Crippen LogP contribution in [0, 0.1) is 5.82 Å². The number of rotatable bonds is 6. The van der Waals surface area contributed by atoms with E-state index in [0.29, 0.717) is 43.9 Å². The molecule has 8 nitrogen and oxygen atoms in total. The van der Waals surface area contributed by atoms with Crippen molar-refractivity contribution in [2.24, 2.45) is 0 Å². The number of esters is 1. The quantitative estimate of drug-likeness (QED) is 0.563. The summed E-state index contributed by atoms with van der Waals surface area (Å²) in [5.41, 5.74) is 1.86. The van der Waals surface area contributed by atoms with Crippen molar-refractivity contribution in [2.45, 2.75) is 32.8 Å². The number of benzene rings is 1. The Labute approximate surface area is 174 Å². The van der Waals surface area contributed by atoms with Gasteiger partial charge in [-0.15, -0.1) is 0 Å². The van der Waals surface area contributed by atoms with Gasteiger partial charge in [-0.2, -0.15) is 0 Å². The molecule has 3 rings (SSSR count). The maximum absolute atomic E-state index is 14.8. The van der Waals surface area contributed by atoms with Crippen LogP contribution in [-0.2, 0) is 19.1 Å². The normalized spacial score (nSPS) is 18.8. The zero-order valence-electron chi connectivity index (χ0n) is 17.2. The molecular formula is C21H26FN3O5. The van der Waals surface area contributed by atoms with Gasteiger partial charge in [0.05, 0.1) is 31.1 Å². The largest absolute Gasteiger partial charge is 0.463 e. The van der Waals surface area contributed by atoms with E-state index >= 15 is 0 Å². The highest BCUT2D eigenvalue weighted by Crippen LogP contribution is 2.30. The lowest BCUT2D eigenvalue weighted by molar-refractivity contribution is -0.137. The third-order valence-corrected chi connectivity index (χ3v) is 5.05. The summed E-state index contributed by atoms with van der Waals surface area (Å²) < 4.78 is 25.0. The number of carbonyl (C=O) groups excluding carboxylic acids is 3. The van der Waals surface area contributed by atoms with Gasteiger partial charge < -0.3 is 19.7 Å². The summed E-state index contributed by atoms with van der Waals surface area (Å²) in [4.78, 5) is 38.0. The molecule has 162 valence electrons. The predicted octanol–water partition coefficient (Wildman–Crippen LogP) is 2.38. The molecule has 2 fully saturated rings. The molecule has 0 radical (unpaired) electrons. The van der Waals surface area contributed by atoms with Crippen LogP contribution in [0.15, 0.2) is 29.8 Å². The molecule has 2 heterocycles. The maximum Gasteiger partial charge on any atom is 0.414 e. The number of piperidine rings is 1. The van der Waals surface area contributed by atoms with Crippen molar-refractivity contribution in [1.29, 1.82) is 0 Å². The second-order valence-corrected chi connectivity index (χ2v) is 7.23. The zero-order chi connectivity index (χ0) is 21.7. The SMILES string of the molecule is CCOC(=O)C=C1CCN(c2ccc(N3C[C@H](CNC(C)=O)OC3=O)cc2F)CC1. The van der Waals surface area contributed by atoms with E-state index in [9.17, 15) is 18.8 Å². The van der Waals surface area contributed by atoms with Gasteiger partial charge in [-0.3, -0.25) is 9.69 Å². The molecule has 0 spiro atoms. The highest BCUT2D eigenvalue weighted by atomic mass is 19.1. The molecule has 1 aromatic rings. The molecular weight excluding hydrogens is 393 g/mol. The van der Waals surface area contributed by atoms with Gasteiger partial charge in [0.15, 0.2) is 0 Å². The van der Waals surface area contributed by atoms with E-state index in [1.54, 1.807) is 19.1 Å². The van der Waals surface area contributed by atoms with Crippen molar-refractivity contribution in [3.05, 3.63) is 35.7 Å². The molecule has 1 aromatic carbocycles. The van der Waals surface area contributed by atoms with Crippen LogP contribution >= 0.6 is 0 Å². The summed E-state index contributed by atoms with van der Waals surface area (Å²) >= 11 is 0. The number of ether oxygens (including phenoxy) is 2. The molecule has 1 N–H and O–H groups in total. The minimum atomic E-state index is -0.566. The fraction of sp³-hybridized carbons (Fsp3) is 0.476. The first kappa shape index (κ1) is 21.6. The summed E-state index contributed by atoms with van der Waals surface area (Å²) in [5.74, 6) is -0.976. The van der Waals surface area contributed by atoms with Crippen LogP contribution in [-0.4, -0.2) is 56.9 Å². The lowest BCUT2D eigenvalue weighted by Crippen LogP contribution is -2.33. The van der Waals surface area contributed by atoms with E-state index in [-0.39, 0.29) is 25.0 Å². The highest BCUT2D eigenvalue weighted by molar-refractivity contribution is 5.90. The van der Waals surface area contributed by atoms with Gasteiger partial charge in [0.2, 0.25) is 5.91 Å². The second-order valence-electron chi connectivity index (χ2n) is 7.23. The van der Waals surface area contributed by atoms with Crippen molar-refractivity contribution in [3.8, 4) is 0 Å². The highest BCUT2D eigenvalue weighted by Gasteiger charge is 2.33. The average Bonchev–Trinajstić information content (AvgIpc) is 3.08. The van der Waals surface area contributed by atoms with E-state index in [1.165, 1.54) is 24.0 Å². The first-order valence-electron chi connectivity index (χ1n) is 10.0. The van der Waals surface area contributed by atoms with Crippen LogP contribution < -0.4 is 15.1 Å². The topological polar surface area (TPSA) is 88.2 Å². The number of nitrogens with zero attached hydrogens (tertiary/aromatic N) is 2. The van der Waals surface area contributed by atoms with Gasteiger partial charge in [0, 0.05) is 26.1 Å². The van der Waals surface area contributed by atoms with E-state index in [4.69, 9.17) is 9.47 Å². The number of cyclic esters (lactones) is 1. The number of halogens is 1. The van der Waals surface area contributed by atoms with Gasteiger partial charge >= 0.3 is 12.1 Å². The van der Waals surface area contributed by atoms with E-state index < -0.39 is 18.0 Å². The molecule has 1 atom stereocenters. The number of anilines is 2. The van der Waals surface area contributed by atoms with Crippen LogP contribution in [0.5, 0.6) is 0 Å². The second kappa shape index (κ2) is 9.60. The van der Waals surface area contributed by atoms with Crippen molar-refractivity contribution >= 4 is 29.3 Å². The summed E-state index contributed by atoms with van der Waals surface area (Å²) in [6, 6.07) is 4.66. The monoisotopic (exact) mass is 419 g/mol. The summed E-state index contributed by atoms with van der Waals surface area (Å²) in [5, 5.41) is 2.61. The Balaban J connectivity index is 1.62. The smallest absolute Gasteiger partial charge is 0.414 e. The predicted molar refractivity (Wildman–Crippen MR) is 109 cm³/mol. The molecule has 0 saturated carbocycles. The minimum Gasteiger partial charge on any atom is -0.463 e. The van der Waals surface area contributed by atoms with Crippen LogP contribution in [0.2, 0.25) is 0 Å². The lowest BCUT2D eigenvalue weighted by atomic mass is 10.0. The molecule has 9 heteroatoms. The molecule has 30 heavy (non-hydrogen) atoms. The molecule has 2 amide bonds. The van der Waals surface area contributed by atoms with E-state index in [1.807, 2.05) is 4.90 Å². The molecule has 0 unspecified atom stereocenters. The first-order chi connectivity index (χ1) is 14.4. The van der Waals surface area contributed by atoms with Crippen LogP contribution in [0.3, 0.4) is 0 Å². The van der Waals surface area contributed by atoms with Gasteiger partial charge in [-0.1, -0.05) is 5.57 Å². The third-order valence-electron chi connectivity index (χ3n) is 5.05. The van der Waals surface area contributed by atoms with Crippen molar-refractivity contribution in [3.63, 3.8) is 0 Å². The van der Waals surface area contributed by atoms with Gasteiger partial charge in [-0.25, -0.2) is 14.0 Å². The summed E-state index contributed by atoms with van der Waals surface area (Å²) in [7, 11) is 0. The summed E-state index contributed by atoms with van der Waals surface area (Å²) in [6.45, 7) is 5.12. The van der Waals surface area contributed by atoms with Crippen molar-refractivity contribution < 1.29 is 28.2 Å². The zero-order valence-corrected chi connectivity index (χ0v) is 17.2. The minimum absolute atomic E-state index is 0.207. The van der Waals surface area contributed by atoms with Gasteiger partial charge in [0.1, 0.15) is 11.9 Å².